The van der Waals surface area contributed by atoms with Crippen molar-refractivity contribution in [3.05, 3.63) is 0 Å². The van der Waals surface area contributed by atoms with Gasteiger partial charge in [0, 0.05) is 23.8 Å². The van der Waals surface area contributed by atoms with Gasteiger partial charge in [-0.1, -0.05) is 42.4 Å². The summed E-state index contributed by atoms with van der Waals surface area (Å²) < 4.78 is 0. The molecule has 0 aliphatic carbocycles. The van der Waals surface area contributed by atoms with E-state index in [1.54, 1.807) is 0 Å². The van der Waals surface area contributed by atoms with Crippen molar-refractivity contribution in [2.75, 3.05) is 5.75 Å². The van der Waals surface area contributed by atoms with Gasteiger partial charge in [0.1, 0.15) is 5.78 Å². The van der Waals surface area contributed by atoms with Crippen LogP contribution >= 0.6 is 21.6 Å². The fourth-order valence-electron chi connectivity index (χ4n) is 1.27. The first-order valence-corrected chi connectivity index (χ1v) is 8.01. The molecule has 0 amide bonds. The third-order valence-corrected chi connectivity index (χ3v) is 5.11. The van der Waals surface area contributed by atoms with Crippen LogP contribution in [0.1, 0.15) is 52.9 Å². The molecule has 14 heavy (non-hydrogen) atoms. The normalized spacial score (nSPS) is 20.1. The second-order valence-electron chi connectivity index (χ2n) is 3.11. The van der Waals surface area contributed by atoms with Crippen molar-refractivity contribution < 1.29 is 4.79 Å². The van der Waals surface area contributed by atoms with E-state index >= 15 is 0 Å². The second kappa shape index (κ2) is 9.91. The Morgan fingerprint density at radius 3 is 2.64 bits per heavy atom. The average Bonchev–Trinajstić information content (AvgIpc) is 2.73. The minimum Gasteiger partial charge on any atom is -0.300 e. The Morgan fingerprint density at radius 1 is 1.43 bits per heavy atom. The van der Waals surface area contributed by atoms with E-state index < -0.39 is 0 Å². The summed E-state index contributed by atoms with van der Waals surface area (Å²) >= 11 is 0. The quantitative estimate of drug-likeness (QED) is 0.660. The Hall–Kier alpha value is 0.370. The number of carbonyl (C=O) groups excluding carboxylic acids is 1. The summed E-state index contributed by atoms with van der Waals surface area (Å²) in [5.41, 5.74) is 0. The minimum atomic E-state index is 0.422. The molecule has 0 aromatic carbocycles. The zero-order valence-electron chi connectivity index (χ0n) is 9.54. The first-order chi connectivity index (χ1) is 6.83. The molecular weight excluding hydrogens is 212 g/mol. The number of rotatable bonds is 5. The van der Waals surface area contributed by atoms with Crippen molar-refractivity contribution in [3.63, 3.8) is 0 Å². The molecule has 1 atom stereocenters. The zero-order valence-corrected chi connectivity index (χ0v) is 11.2. The van der Waals surface area contributed by atoms with E-state index in [9.17, 15) is 4.79 Å². The second-order valence-corrected chi connectivity index (χ2v) is 5.90. The molecule has 0 aromatic rings. The molecule has 0 spiro atoms. The first-order valence-electron chi connectivity index (χ1n) is 5.63. The van der Waals surface area contributed by atoms with Gasteiger partial charge in [0.15, 0.2) is 0 Å². The molecule has 0 radical (unpaired) electrons. The smallest absolute Gasteiger partial charge is 0.132 e. The summed E-state index contributed by atoms with van der Waals surface area (Å²) in [6, 6.07) is 0. The molecule has 1 unspecified atom stereocenters. The maximum absolute atomic E-state index is 11.0. The molecule has 0 aromatic heterocycles. The van der Waals surface area contributed by atoms with Crippen molar-refractivity contribution in [1.82, 2.24) is 0 Å². The molecule has 0 N–H and O–H groups in total. The van der Waals surface area contributed by atoms with E-state index in [0.29, 0.717) is 12.2 Å². The molecule has 1 fully saturated rings. The van der Waals surface area contributed by atoms with Gasteiger partial charge in [0.25, 0.3) is 0 Å². The lowest BCUT2D eigenvalue weighted by Crippen LogP contribution is -2.00. The van der Waals surface area contributed by atoms with Gasteiger partial charge in [0.2, 0.25) is 0 Å². The van der Waals surface area contributed by atoms with Crippen LogP contribution in [-0.2, 0) is 4.79 Å². The van der Waals surface area contributed by atoms with Crippen molar-refractivity contribution in [2.24, 2.45) is 0 Å². The van der Waals surface area contributed by atoms with Crippen LogP contribution in [0, 0.1) is 0 Å². The van der Waals surface area contributed by atoms with Gasteiger partial charge in [-0.15, -0.1) is 0 Å². The molecule has 1 saturated heterocycles. The van der Waals surface area contributed by atoms with E-state index in [0.717, 1.165) is 18.1 Å². The van der Waals surface area contributed by atoms with Gasteiger partial charge in [-0.3, -0.25) is 4.79 Å². The summed E-state index contributed by atoms with van der Waals surface area (Å²) in [6.45, 7) is 5.95. The van der Waals surface area contributed by atoms with Gasteiger partial charge in [-0.05, 0) is 19.3 Å². The highest BCUT2D eigenvalue weighted by molar-refractivity contribution is 8.77. The Labute approximate surface area is 96.2 Å². The lowest BCUT2D eigenvalue weighted by atomic mass is 10.1. The highest BCUT2D eigenvalue weighted by Gasteiger charge is 2.15. The summed E-state index contributed by atoms with van der Waals surface area (Å²) in [6.07, 6.45) is 5.20. The monoisotopic (exact) mass is 234 g/mol. The lowest BCUT2D eigenvalue weighted by Gasteiger charge is -2.05. The lowest BCUT2D eigenvalue weighted by molar-refractivity contribution is -0.118. The van der Waals surface area contributed by atoms with Crippen molar-refractivity contribution in [3.8, 4) is 0 Å². The van der Waals surface area contributed by atoms with Crippen LogP contribution in [0.2, 0.25) is 0 Å². The number of carbonyl (C=O) groups is 1. The molecule has 1 nitrogen and oxygen atoms in total. The van der Waals surface area contributed by atoms with Gasteiger partial charge < -0.3 is 0 Å². The van der Waals surface area contributed by atoms with Crippen molar-refractivity contribution >= 4 is 27.4 Å². The SMILES string of the molecule is CC.CCC(=O)CCCC1CCSS1. The standard InChI is InChI=1S/C9H16OS2.C2H6/c1-2-8(10)4-3-5-9-6-7-11-12-9;1-2/h9H,2-7H2,1H3;1-2H3. The summed E-state index contributed by atoms with van der Waals surface area (Å²) in [5, 5.41) is 0.833. The van der Waals surface area contributed by atoms with Crippen LogP contribution in [-0.4, -0.2) is 16.8 Å². The van der Waals surface area contributed by atoms with E-state index in [1.807, 2.05) is 42.4 Å². The van der Waals surface area contributed by atoms with Crippen LogP contribution in [0.25, 0.3) is 0 Å². The Morgan fingerprint density at radius 2 is 2.14 bits per heavy atom. The van der Waals surface area contributed by atoms with Crippen LogP contribution in [0.15, 0.2) is 0 Å². The van der Waals surface area contributed by atoms with Gasteiger partial charge in [0.05, 0.1) is 0 Å². The Bertz CT molecular complexity index is 142. The van der Waals surface area contributed by atoms with Crippen LogP contribution < -0.4 is 0 Å². The van der Waals surface area contributed by atoms with Crippen molar-refractivity contribution in [1.29, 1.82) is 0 Å². The van der Waals surface area contributed by atoms with Crippen LogP contribution in [0.4, 0.5) is 0 Å². The third-order valence-electron chi connectivity index (χ3n) is 2.10. The highest BCUT2D eigenvalue weighted by Crippen LogP contribution is 2.39. The zero-order chi connectivity index (χ0) is 10.8. The molecule has 0 saturated carbocycles. The van der Waals surface area contributed by atoms with Crippen LogP contribution in [0.5, 0.6) is 0 Å². The van der Waals surface area contributed by atoms with E-state index in [4.69, 9.17) is 0 Å². The van der Waals surface area contributed by atoms with Crippen molar-refractivity contribution in [2.45, 2.75) is 58.1 Å². The molecule has 1 heterocycles. The van der Waals surface area contributed by atoms with E-state index in [1.165, 1.54) is 18.6 Å². The Balaban J connectivity index is 0.000000791. The maximum Gasteiger partial charge on any atom is 0.132 e. The van der Waals surface area contributed by atoms with Gasteiger partial charge >= 0.3 is 0 Å². The van der Waals surface area contributed by atoms with Gasteiger partial charge in [-0.2, -0.15) is 0 Å². The number of Topliss-reactive ketones (excluding diaryl/α,β-unsaturated/α-hetero) is 1. The number of hydrogen-bond donors (Lipinski definition) is 0. The molecule has 1 aliphatic heterocycles. The van der Waals surface area contributed by atoms with Gasteiger partial charge in [-0.25, -0.2) is 0 Å². The van der Waals surface area contributed by atoms with E-state index in [2.05, 4.69) is 0 Å². The van der Waals surface area contributed by atoms with E-state index in [-0.39, 0.29) is 0 Å². The summed E-state index contributed by atoms with van der Waals surface area (Å²) in [5.74, 6) is 1.72. The Kier molecular flexibility index (Phi) is 10.2. The largest absolute Gasteiger partial charge is 0.300 e. The fraction of sp³-hybridized carbons (Fsp3) is 0.909. The summed E-state index contributed by atoms with van der Waals surface area (Å²) in [7, 11) is 3.99. The van der Waals surface area contributed by atoms with Crippen LogP contribution in [0.3, 0.4) is 0 Å². The fourth-order valence-corrected chi connectivity index (χ4v) is 4.30. The predicted molar refractivity (Wildman–Crippen MR) is 69.0 cm³/mol. The molecular formula is C11H22OS2. The molecule has 1 aliphatic rings. The predicted octanol–water partition coefficient (Wildman–Crippen LogP) is 4.32. The molecule has 1 rings (SSSR count). The average molecular weight is 234 g/mol. The highest BCUT2D eigenvalue weighted by atomic mass is 33.1. The maximum atomic E-state index is 11.0. The number of hydrogen-bond acceptors (Lipinski definition) is 3. The molecule has 3 heteroatoms. The third kappa shape index (κ3) is 6.77. The molecule has 0 bridgehead atoms. The topological polar surface area (TPSA) is 17.1 Å². The first kappa shape index (κ1) is 14.4. The summed E-state index contributed by atoms with van der Waals surface area (Å²) in [4.78, 5) is 11.0. The molecule has 84 valence electrons. The minimum absolute atomic E-state index is 0.422. The number of ketones is 1.